The molecule has 1 fully saturated rings. The zero-order chi connectivity index (χ0) is 14.7. The van der Waals surface area contributed by atoms with Crippen molar-refractivity contribution in [1.82, 2.24) is 4.90 Å². The van der Waals surface area contributed by atoms with Crippen molar-refractivity contribution >= 4 is 23.4 Å². The third-order valence-electron chi connectivity index (χ3n) is 3.46. The summed E-state index contributed by atoms with van der Waals surface area (Å²) in [5.74, 6) is -0.624. The number of nitrogens with one attached hydrogen (secondary N) is 1. The molecule has 6 nitrogen and oxygen atoms in total. The minimum Gasteiger partial charge on any atom is -0.478 e. The molecular weight excluding hydrogens is 258 g/mol. The second kappa shape index (κ2) is 5.81. The number of carbonyl (C=O) groups is 2. The van der Waals surface area contributed by atoms with Crippen LogP contribution in [0.5, 0.6) is 0 Å². The van der Waals surface area contributed by atoms with Crippen LogP contribution in [0, 0.1) is 5.92 Å². The number of nitrogen functional groups attached to an aromatic ring is 1. The molecule has 0 spiro atoms. The number of piperidine rings is 1. The number of nitrogens with zero attached hydrogens (tertiary/aromatic N) is 1. The molecule has 1 heterocycles. The van der Waals surface area contributed by atoms with Crippen LogP contribution in [0.15, 0.2) is 18.2 Å². The lowest BCUT2D eigenvalue weighted by molar-refractivity contribution is 0.0698. The second-order valence-electron chi connectivity index (χ2n) is 5.23. The lowest BCUT2D eigenvalue weighted by Gasteiger charge is -2.31. The van der Waals surface area contributed by atoms with Gasteiger partial charge in [-0.1, -0.05) is 6.92 Å². The normalized spacial score (nSPS) is 18.6. The number of likely N-dealkylation sites (tertiary alicyclic amines) is 1. The number of carboxylic acid groups (broad SMARTS) is 1. The number of rotatable bonds is 2. The number of aromatic carboxylic acids is 1. The van der Waals surface area contributed by atoms with Gasteiger partial charge in [-0.3, -0.25) is 0 Å². The Hall–Kier alpha value is -2.24. The summed E-state index contributed by atoms with van der Waals surface area (Å²) in [5, 5.41) is 11.8. The summed E-state index contributed by atoms with van der Waals surface area (Å²) in [6.45, 7) is 3.49. The summed E-state index contributed by atoms with van der Waals surface area (Å²) in [5.41, 5.74) is 6.34. The molecule has 1 atom stereocenters. The van der Waals surface area contributed by atoms with Crippen molar-refractivity contribution < 1.29 is 14.7 Å². The molecule has 2 amide bonds. The van der Waals surface area contributed by atoms with Crippen molar-refractivity contribution in [3.05, 3.63) is 23.8 Å². The van der Waals surface area contributed by atoms with Gasteiger partial charge in [0.1, 0.15) is 0 Å². The van der Waals surface area contributed by atoms with Crippen LogP contribution in [0.25, 0.3) is 0 Å². The van der Waals surface area contributed by atoms with Crippen LogP contribution in [0.1, 0.15) is 30.1 Å². The fraction of sp³-hybridized carbons (Fsp3) is 0.429. The molecule has 2 rings (SSSR count). The number of nitrogens with two attached hydrogens (primary N) is 1. The molecule has 20 heavy (non-hydrogen) atoms. The molecule has 0 radical (unpaired) electrons. The molecule has 108 valence electrons. The molecule has 1 unspecified atom stereocenters. The molecule has 0 bridgehead atoms. The van der Waals surface area contributed by atoms with E-state index in [1.54, 1.807) is 4.90 Å². The minimum absolute atomic E-state index is 0.0395. The monoisotopic (exact) mass is 277 g/mol. The Balaban J connectivity index is 2.14. The van der Waals surface area contributed by atoms with Gasteiger partial charge in [0, 0.05) is 18.8 Å². The number of amides is 2. The first-order valence-electron chi connectivity index (χ1n) is 6.66. The summed E-state index contributed by atoms with van der Waals surface area (Å²) < 4.78 is 0. The molecule has 1 aliphatic heterocycles. The van der Waals surface area contributed by atoms with Gasteiger partial charge in [0.05, 0.1) is 11.3 Å². The third-order valence-corrected chi connectivity index (χ3v) is 3.46. The average Bonchev–Trinajstić information content (AvgIpc) is 2.38. The smallest absolute Gasteiger partial charge is 0.337 e. The van der Waals surface area contributed by atoms with Crippen molar-refractivity contribution in [3.8, 4) is 0 Å². The van der Waals surface area contributed by atoms with Gasteiger partial charge in [-0.15, -0.1) is 0 Å². The molecule has 6 heteroatoms. The van der Waals surface area contributed by atoms with Gasteiger partial charge >= 0.3 is 12.0 Å². The number of carboxylic acids is 1. The predicted octanol–water partition coefficient (Wildman–Crippen LogP) is 2.23. The van der Waals surface area contributed by atoms with E-state index in [4.69, 9.17) is 10.8 Å². The van der Waals surface area contributed by atoms with Gasteiger partial charge in [-0.05, 0) is 37.0 Å². The quantitative estimate of drug-likeness (QED) is 0.722. The molecule has 1 aromatic carbocycles. The lowest BCUT2D eigenvalue weighted by atomic mass is 10.0. The number of hydrogen-bond acceptors (Lipinski definition) is 3. The van der Waals surface area contributed by atoms with Crippen LogP contribution in [0.3, 0.4) is 0 Å². The molecule has 4 N–H and O–H groups in total. The van der Waals surface area contributed by atoms with Gasteiger partial charge < -0.3 is 21.1 Å². The van der Waals surface area contributed by atoms with Crippen LogP contribution in [-0.2, 0) is 0 Å². The predicted molar refractivity (Wildman–Crippen MR) is 76.8 cm³/mol. The van der Waals surface area contributed by atoms with E-state index in [9.17, 15) is 9.59 Å². The zero-order valence-corrected chi connectivity index (χ0v) is 11.4. The minimum atomic E-state index is -1.09. The van der Waals surface area contributed by atoms with Crippen LogP contribution in [0.4, 0.5) is 16.2 Å². The number of carbonyl (C=O) groups excluding carboxylic acids is 1. The maximum atomic E-state index is 12.2. The largest absolute Gasteiger partial charge is 0.478 e. The Labute approximate surface area is 117 Å². The molecule has 0 saturated carbocycles. The van der Waals surface area contributed by atoms with E-state index >= 15 is 0 Å². The Kier molecular flexibility index (Phi) is 4.12. The second-order valence-corrected chi connectivity index (χ2v) is 5.23. The first-order chi connectivity index (χ1) is 9.47. The highest BCUT2D eigenvalue weighted by Crippen LogP contribution is 2.21. The molecule has 1 aromatic rings. The highest BCUT2D eigenvalue weighted by atomic mass is 16.4. The Morgan fingerprint density at radius 1 is 1.45 bits per heavy atom. The Morgan fingerprint density at radius 3 is 2.85 bits per heavy atom. The molecule has 1 saturated heterocycles. The summed E-state index contributed by atoms with van der Waals surface area (Å²) in [7, 11) is 0. The van der Waals surface area contributed by atoms with Gasteiger partial charge in [0.15, 0.2) is 0 Å². The lowest BCUT2D eigenvalue weighted by Crippen LogP contribution is -2.41. The van der Waals surface area contributed by atoms with Crippen molar-refractivity contribution in [3.63, 3.8) is 0 Å². The van der Waals surface area contributed by atoms with E-state index in [-0.39, 0.29) is 17.3 Å². The maximum Gasteiger partial charge on any atom is 0.337 e. The fourth-order valence-electron chi connectivity index (χ4n) is 2.42. The molecule has 0 aliphatic carbocycles. The van der Waals surface area contributed by atoms with Crippen molar-refractivity contribution in [2.45, 2.75) is 19.8 Å². The number of benzene rings is 1. The maximum absolute atomic E-state index is 12.2. The summed E-state index contributed by atoms with van der Waals surface area (Å²) in [6.07, 6.45) is 2.08. The van der Waals surface area contributed by atoms with E-state index in [1.807, 2.05) is 0 Å². The molecule has 1 aliphatic rings. The third kappa shape index (κ3) is 3.20. The number of hydrogen-bond donors (Lipinski definition) is 3. The van der Waals surface area contributed by atoms with E-state index in [2.05, 4.69) is 12.2 Å². The summed E-state index contributed by atoms with van der Waals surface area (Å²) in [4.78, 5) is 25.0. The van der Waals surface area contributed by atoms with E-state index in [0.29, 0.717) is 24.7 Å². The highest BCUT2D eigenvalue weighted by Gasteiger charge is 2.22. The van der Waals surface area contributed by atoms with Gasteiger partial charge in [-0.2, -0.15) is 0 Å². The van der Waals surface area contributed by atoms with Crippen molar-refractivity contribution in [2.75, 3.05) is 24.1 Å². The number of urea groups is 1. The zero-order valence-electron chi connectivity index (χ0n) is 11.4. The highest BCUT2D eigenvalue weighted by molar-refractivity contribution is 6.00. The van der Waals surface area contributed by atoms with Crippen molar-refractivity contribution in [1.29, 1.82) is 0 Å². The van der Waals surface area contributed by atoms with E-state index in [1.165, 1.54) is 18.2 Å². The van der Waals surface area contributed by atoms with E-state index < -0.39 is 5.97 Å². The van der Waals surface area contributed by atoms with Crippen LogP contribution in [-0.4, -0.2) is 35.1 Å². The fourth-order valence-corrected chi connectivity index (χ4v) is 2.42. The van der Waals surface area contributed by atoms with Crippen LogP contribution in [0.2, 0.25) is 0 Å². The average molecular weight is 277 g/mol. The first kappa shape index (κ1) is 14.2. The van der Waals surface area contributed by atoms with Gasteiger partial charge in [-0.25, -0.2) is 9.59 Å². The topological polar surface area (TPSA) is 95.7 Å². The number of anilines is 2. The molecule has 0 aromatic heterocycles. The standard InChI is InChI=1S/C14H19N3O3/c1-9-3-2-6-17(8-9)14(20)16-12-7-10(15)4-5-11(12)13(18)19/h4-5,7,9H,2-3,6,8,15H2,1H3,(H,16,20)(H,18,19). The Morgan fingerprint density at radius 2 is 2.20 bits per heavy atom. The SMILES string of the molecule is CC1CCCN(C(=O)Nc2cc(N)ccc2C(=O)O)C1. The van der Waals surface area contributed by atoms with Crippen LogP contribution < -0.4 is 11.1 Å². The van der Waals surface area contributed by atoms with Gasteiger partial charge in [0.2, 0.25) is 0 Å². The first-order valence-corrected chi connectivity index (χ1v) is 6.66. The van der Waals surface area contributed by atoms with E-state index in [0.717, 1.165) is 12.8 Å². The van der Waals surface area contributed by atoms with Crippen LogP contribution >= 0.6 is 0 Å². The van der Waals surface area contributed by atoms with Crippen molar-refractivity contribution in [2.24, 2.45) is 5.92 Å². The Bertz CT molecular complexity index is 530. The summed E-state index contributed by atoms with van der Waals surface area (Å²) >= 11 is 0. The van der Waals surface area contributed by atoms with Gasteiger partial charge in [0.25, 0.3) is 0 Å². The molecular formula is C14H19N3O3. The summed E-state index contributed by atoms with van der Waals surface area (Å²) in [6, 6.07) is 4.09.